The summed E-state index contributed by atoms with van der Waals surface area (Å²) in [6.07, 6.45) is 0.807. The van der Waals surface area contributed by atoms with Crippen LogP contribution in [-0.4, -0.2) is 17.6 Å². The van der Waals surface area contributed by atoms with Gasteiger partial charge >= 0.3 is 6.03 Å². The van der Waals surface area contributed by atoms with Crippen LogP contribution in [0.5, 0.6) is 0 Å². The van der Waals surface area contributed by atoms with Gasteiger partial charge in [0.15, 0.2) is 5.13 Å². The third-order valence-electron chi connectivity index (χ3n) is 3.34. The highest BCUT2D eigenvalue weighted by molar-refractivity contribution is 7.14. The number of rotatable bonds is 5. The molecule has 0 unspecified atom stereocenters. The quantitative estimate of drug-likeness (QED) is 0.740. The van der Waals surface area contributed by atoms with E-state index in [2.05, 4.69) is 15.6 Å². The molecule has 0 atom stereocenters. The topological polar surface area (TPSA) is 54.0 Å². The standard InChI is InChI=1S/C18H17N3OS/c22-17(19-12-11-14-7-3-1-4-8-14)21-18-20-16(13-23-18)15-9-5-2-6-10-15/h1-10,13H,11-12H2,(H2,19,20,21,22). The fourth-order valence-electron chi connectivity index (χ4n) is 2.18. The predicted molar refractivity (Wildman–Crippen MR) is 94.7 cm³/mol. The van der Waals surface area contributed by atoms with Crippen molar-refractivity contribution in [2.75, 3.05) is 11.9 Å². The van der Waals surface area contributed by atoms with Crippen molar-refractivity contribution in [3.63, 3.8) is 0 Å². The second-order valence-electron chi connectivity index (χ2n) is 5.02. The van der Waals surface area contributed by atoms with Crippen LogP contribution in [-0.2, 0) is 6.42 Å². The minimum Gasteiger partial charge on any atom is -0.337 e. The molecular weight excluding hydrogens is 306 g/mol. The molecule has 23 heavy (non-hydrogen) atoms. The third-order valence-corrected chi connectivity index (χ3v) is 4.09. The molecule has 0 fully saturated rings. The number of nitrogens with zero attached hydrogens (tertiary/aromatic N) is 1. The molecule has 116 valence electrons. The fourth-order valence-corrected chi connectivity index (χ4v) is 2.89. The molecule has 2 N–H and O–H groups in total. The van der Waals surface area contributed by atoms with Crippen LogP contribution in [0, 0.1) is 0 Å². The Morgan fingerprint density at radius 1 is 1.00 bits per heavy atom. The highest BCUT2D eigenvalue weighted by Crippen LogP contribution is 2.24. The summed E-state index contributed by atoms with van der Waals surface area (Å²) >= 11 is 1.42. The van der Waals surface area contributed by atoms with E-state index in [4.69, 9.17) is 0 Å². The normalized spacial score (nSPS) is 10.3. The predicted octanol–water partition coefficient (Wildman–Crippen LogP) is 4.17. The summed E-state index contributed by atoms with van der Waals surface area (Å²) in [5.74, 6) is 0. The lowest BCUT2D eigenvalue weighted by atomic mass is 10.1. The summed E-state index contributed by atoms with van der Waals surface area (Å²) < 4.78 is 0. The molecule has 2 amide bonds. The number of carbonyl (C=O) groups excluding carboxylic acids is 1. The smallest absolute Gasteiger partial charge is 0.321 e. The number of anilines is 1. The Morgan fingerprint density at radius 2 is 1.70 bits per heavy atom. The van der Waals surface area contributed by atoms with Gasteiger partial charge in [-0.2, -0.15) is 0 Å². The van der Waals surface area contributed by atoms with Gasteiger partial charge in [0.25, 0.3) is 0 Å². The summed E-state index contributed by atoms with van der Waals surface area (Å²) in [6, 6.07) is 19.7. The number of amides is 2. The molecule has 3 aromatic rings. The van der Waals surface area contributed by atoms with Gasteiger partial charge in [0.1, 0.15) is 0 Å². The lowest BCUT2D eigenvalue weighted by Crippen LogP contribution is -2.30. The molecule has 0 saturated carbocycles. The monoisotopic (exact) mass is 323 g/mol. The van der Waals surface area contributed by atoms with Crippen molar-refractivity contribution in [1.29, 1.82) is 0 Å². The van der Waals surface area contributed by atoms with E-state index in [1.807, 2.05) is 66.0 Å². The van der Waals surface area contributed by atoms with Crippen molar-refractivity contribution in [3.05, 3.63) is 71.6 Å². The first-order chi connectivity index (χ1) is 11.3. The van der Waals surface area contributed by atoms with Gasteiger partial charge in [0.2, 0.25) is 0 Å². The number of hydrogen-bond acceptors (Lipinski definition) is 3. The Bertz CT molecular complexity index is 756. The van der Waals surface area contributed by atoms with Crippen LogP contribution in [0.4, 0.5) is 9.93 Å². The maximum Gasteiger partial charge on any atom is 0.321 e. The number of urea groups is 1. The second kappa shape index (κ2) is 7.56. The van der Waals surface area contributed by atoms with Crippen LogP contribution in [0.3, 0.4) is 0 Å². The van der Waals surface area contributed by atoms with Crippen molar-refractivity contribution in [2.24, 2.45) is 0 Å². The molecule has 0 aliphatic rings. The van der Waals surface area contributed by atoms with Gasteiger partial charge in [-0.25, -0.2) is 9.78 Å². The largest absolute Gasteiger partial charge is 0.337 e. The minimum absolute atomic E-state index is 0.227. The fraction of sp³-hybridized carbons (Fsp3) is 0.111. The molecule has 1 heterocycles. The molecule has 5 heteroatoms. The Balaban J connectivity index is 1.49. The Morgan fingerprint density at radius 3 is 2.43 bits per heavy atom. The van der Waals surface area contributed by atoms with Crippen LogP contribution in [0.25, 0.3) is 11.3 Å². The van der Waals surface area contributed by atoms with E-state index in [0.717, 1.165) is 17.7 Å². The van der Waals surface area contributed by atoms with Crippen molar-refractivity contribution in [3.8, 4) is 11.3 Å². The van der Waals surface area contributed by atoms with Crippen molar-refractivity contribution >= 4 is 22.5 Å². The molecule has 0 spiro atoms. The molecule has 1 aromatic heterocycles. The van der Waals surface area contributed by atoms with Gasteiger partial charge < -0.3 is 5.32 Å². The third kappa shape index (κ3) is 4.40. The zero-order chi connectivity index (χ0) is 15.9. The van der Waals surface area contributed by atoms with Crippen LogP contribution in [0.1, 0.15) is 5.56 Å². The van der Waals surface area contributed by atoms with E-state index >= 15 is 0 Å². The zero-order valence-electron chi connectivity index (χ0n) is 12.5. The first-order valence-electron chi connectivity index (χ1n) is 7.41. The highest BCUT2D eigenvalue weighted by Gasteiger charge is 2.07. The Hall–Kier alpha value is -2.66. The SMILES string of the molecule is O=C(NCCc1ccccc1)Nc1nc(-c2ccccc2)cs1. The number of benzene rings is 2. The van der Waals surface area contributed by atoms with Crippen LogP contribution < -0.4 is 10.6 Å². The summed E-state index contributed by atoms with van der Waals surface area (Å²) in [6.45, 7) is 0.590. The van der Waals surface area contributed by atoms with Gasteiger partial charge in [-0.15, -0.1) is 11.3 Å². The number of hydrogen-bond donors (Lipinski definition) is 2. The van der Waals surface area contributed by atoms with Crippen molar-refractivity contribution in [1.82, 2.24) is 10.3 Å². The molecule has 4 nitrogen and oxygen atoms in total. The molecule has 3 rings (SSSR count). The molecule has 0 bridgehead atoms. The van der Waals surface area contributed by atoms with E-state index in [-0.39, 0.29) is 6.03 Å². The van der Waals surface area contributed by atoms with Crippen LogP contribution in [0.2, 0.25) is 0 Å². The number of nitrogens with one attached hydrogen (secondary N) is 2. The molecule has 0 radical (unpaired) electrons. The lowest BCUT2D eigenvalue weighted by molar-refractivity contribution is 0.252. The second-order valence-corrected chi connectivity index (χ2v) is 5.88. The number of thiazole rings is 1. The molecule has 0 aliphatic heterocycles. The maximum absolute atomic E-state index is 11.9. The van der Waals surface area contributed by atoms with Crippen LogP contribution in [0.15, 0.2) is 66.0 Å². The average molecular weight is 323 g/mol. The molecular formula is C18H17N3OS. The van der Waals surface area contributed by atoms with Crippen molar-refractivity contribution < 1.29 is 4.79 Å². The maximum atomic E-state index is 11.9. The zero-order valence-corrected chi connectivity index (χ0v) is 13.3. The number of carbonyl (C=O) groups is 1. The van der Waals surface area contributed by atoms with Gasteiger partial charge in [-0.1, -0.05) is 60.7 Å². The Labute approximate surface area is 139 Å². The average Bonchev–Trinajstić information content (AvgIpc) is 3.05. The van der Waals surface area contributed by atoms with E-state index in [0.29, 0.717) is 11.7 Å². The van der Waals surface area contributed by atoms with E-state index in [1.54, 1.807) is 0 Å². The van der Waals surface area contributed by atoms with E-state index in [9.17, 15) is 4.79 Å². The van der Waals surface area contributed by atoms with Crippen molar-refractivity contribution in [2.45, 2.75) is 6.42 Å². The molecule has 0 saturated heterocycles. The van der Waals surface area contributed by atoms with E-state index < -0.39 is 0 Å². The van der Waals surface area contributed by atoms with Crippen LogP contribution >= 0.6 is 11.3 Å². The summed E-state index contributed by atoms with van der Waals surface area (Å²) in [5.41, 5.74) is 3.12. The van der Waals surface area contributed by atoms with Gasteiger partial charge in [-0.3, -0.25) is 5.32 Å². The first kappa shape index (κ1) is 15.2. The van der Waals surface area contributed by atoms with E-state index in [1.165, 1.54) is 16.9 Å². The lowest BCUT2D eigenvalue weighted by Gasteiger charge is -2.05. The van der Waals surface area contributed by atoms with Gasteiger partial charge in [0.05, 0.1) is 5.69 Å². The molecule has 0 aliphatic carbocycles. The Kier molecular flexibility index (Phi) is 5.01. The summed E-state index contributed by atoms with van der Waals surface area (Å²) in [4.78, 5) is 16.3. The summed E-state index contributed by atoms with van der Waals surface area (Å²) in [5, 5.41) is 8.16. The minimum atomic E-state index is -0.227. The van der Waals surface area contributed by atoms with Gasteiger partial charge in [-0.05, 0) is 12.0 Å². The highest BCUT2D eigenvalue weighted by atomic mass is 32.1. The van der Waals surface area contributed by atoms with Gasteiger partial charge in [0, 0.05) is 17.5 Å². The summed E-state index contributed by atoms with van der Waals surface area (Å²) in [7, 11) is 0. The molecule has 2 aromatic carbocycles. The number of aromatic nitrogens is 1. The first-order valence-corrected chi connectivity index (χ1v) is 8.29.